The van der Waals surface area contributed by atoms with Crippen molar-refractivity contribution in [3.8, 4) is 0 Å². The van der Waals surface area contributed by atoms with Gasteiger partial charge in [-0.25, -0.2) is 0 Å². The molecule has 5 heteroatoms. The lowest BCUT2D eigenvalue weighted by Crippen LogP contribution is -2.25. The zero-order valence-corrected chi connectivity index (χ0v) is 14.8. The van der Waals surface area contributed by atoms with Crippen LogP contribution in [0.15, 0.2) is 22.7 Å². The molecule has 1 aromatic carbocycles. The Morgan fingerprint density at radius 2 is 2.11 bits per heavy atom. The van der Waals surface area contributed by atoms with Crippen LogP contribution in [-0.2, 0) is 4.74 Å². The van der Waals surface area contributed by atoms with Crippen LogP contribution >= 0.6 is 38.5 Å². The van der Waals surface area contributed by atoms with Crippen molar-refractivity contribution in [2.24, 2.45) is 0 Å². The summed E-state index contributed by atoms with van der Waals surface area (Å²) in [7, 11) is 0. The van der Waals surface area contributed by atoms with Crippen molar-refractivity contribution >= 4 is 44.4 Å². The standard InChI is InChI=1S/C14H19BrINO2/c1-2-3-8-19-9-4-7-17-14(18)12-10-11(16)5-6-13(12)15/h5-6,10H,2-4,7-9H2,1H3,(H,17,18). The molecule has 0 saturated heterocycles. The number of hydrogen-bond acceptors (Lipinski definition) is 2. The van der Waals surface area contributed by atoms with Gasteiger partial charge in [0.1, 0.15) is 0 Å². The van der Waals surface area contributed by atoms with Gasteiger partial charge in [-0.05, 0) is 69.6 Å². The zero-order valence-electron chi connectivity index (χ0n) is 11.0. The molecule has 0 atom stereocenters. The zero-order chi connectivity index (χ0) is 14.1. The lowest BCUT2D eigenvalue weighted by atomic mass is 10.2. The summed E-state index contributed by atoms with van der Waals surface area (Å²) in [5.74, 6) is -0.0426. The molecular formula is C14H19BrINO2. The third-order valence-electron chi connectivity index (χ3n) is 2.57. The van der Waals surface area contributed by atoms with E-state index in [1.165, 1.54) is 0 Å². The van der Waals surface area contributed by atoms with E-state index >= 15 is 0 Å². The minimum Gasteiger partial charge on any atom is -0.381 e. The van der Waals surface area contributed by atoms with E-state index in [0.717, 1.165) is 33.9 Å². The predicted octanol–water partition coefficient (Wildman–Crippen LogP) is 3.99. The van der Waals surface area contributed by atoms with E-state index in [4.69, 9.17) is 4.74 Å². The molecular weight excluding hydrogens is 421 g/mol. The number of halogens is 2. The quantitative estimate of drug-likeness (QED) is 0.491. The van der Waals surface area contributed by atoms with Gasteiger partial charge < -0.3 is 10.1 Å². The van der Waals surface area contributed by atoms with Crippen LogP contribution < -0.4 is 5.32 Å². The van der Waals surface area contributed by atoms with Gasteiger partial charge in [0, 0.05) is 27.8 Å². The minimum absolute atomic E-state index is 0.0426. The summed E-state index contributed by atoms with van der Waals surface area (Å²) in [6.45, 7) is 4.30. The Hall–Kier alpha value is -0.140. The molecule has 0 aliphatic heterocycles. The van der Waals surface area contributed by atoms with Crippen molar-refractivity contribution in [2.75, 3.05) is 19.8 Å². The van der Waals surface area contributed by atoms with Crippen LogP contribution in [0.5, 0.6) is 0 Å². The van der Waals surface area contributed by atoms with Crippen molar-refractivity contribution < 1.29 is 9.53 Å². The fourth-order valence-corrected chi connectivity index (χ4v) is 2.41. The summed E-state index contributed by atoms with van der Waals surface area (Å²) in [6, 6.07) is 5.73. The second-order valence-electron chi connectivity index (χ2n) is 4.20. The molecule has 1 amide bonds. The predicted molar refractivity (Wildman–Crippen MR) is 89.5 cm³/mol. The third kappa shape index (κ3) is 6.72. The highest BCUT2D eigenvalue weighted by molar-refractivity contribution is 14.1. The van der Waals surface area contributed by atoms with Crippen LogP contribution in [0.2, 0.25) is 0 Å². The Morgan fingerprint density at radius 3 is 2.84 bits per heavy atom. The molecule has 106 valence electrons. The molecule has 0 unspecified atom stereocenters. The van der Waals surface area contributed by atoms with Crippen LogP contribution in [0.3, 0.4) is 0 Å². The normalized spacial score (nSPS) is 10.5. The van der Waals surface area contributed by atoms with Gasteiger partial charge in [0.25, 0.3) is 5.91 Å². The number of ether oxygens (including phenoxy) is 1. The van der Waals surface area contributed by atoms with Crippen LogP contribution in [0.1, 0.15) is 36.5 Å². The Balaban J connectivity index is 2.26. The first kappa shape index (κ1) is 16.9. The molecule has 0 aliphatic rings. The van der Waals surface area contributed by atoms with Crippen LogP contribution in [0.25, 0.3) is 0 Å². The summed E-state index contributed by atoms with van der Waals surface area (Å²) in [5, 5.41) is 2.91. The van der Waals surface area contributed by atoms with E-state index in [1.807, 2.05) is 18.2 Å². The van der Waals surface area contributed by atoms with E-state index in [2.05, 4.69) is 50.8 Å². The molecule has 1 N–H and O–H groups in total. The van der Waals surface area contributed by atoms with Gasteiger partial charge in [-0.2, -0.15) is 0 Å². The van der Waals surface area contributed by atoms with Crippen molar-refractivity contribution in [3.63, 3.8) is 0 Å². The Kier molecular flexibility index (Phi) is 8.65. The summed E-state index contributed by atoms with van der Waals surface area (Å²) in [4.78, 5) is 12.0. The third-order valence-corrected chi connectivity index (χ3v) is 3.93. The van der Waals surface area contributed by atoms with E-state index in [-0.39, 0.29) is 5.91 Å². The van der Waals surface area contributed by atoms with E-state index in [9.17, 15) is 4.79 Å². The molecule has 1 rings (SSSR count). The SMILES string of the molecule is CCCCOCCCNC(=O)c1cc(I)ccc1Br. The Bertz CT molecular complexity index is 412. The molecule has 0 saturated carbocycles. The van der Waals surface area contributed by atoms with Crippen LogP contribution in [0.4, 0.5) is 0 Å². The average Bonchev–Trinajstić information content (AvgIpc) is 2.40. The van der Waals surface area contributed by atoms with Crippen molar-refractivity contribution in [1.29, 1.82) is 0 Å². The maximum Gasteiger partial charge on any atom is 0.252 e. The fraction of sp³-hybridized carbons (Fsp3) is 0.500. The molecule has 0 aromatic heterocycles. The lowest BCUT2D eigenvalue weighted by Gasteiger charge is -2.08. The average molecular weight is 440 g/mol. The van der Waals surface area contributed by atoms with Crippen LogP contribution in [0, 0.1) is 3.57 Å². The van der Waals surface area contributed by atoms with Crippen molar-refractivity contribution in [1.82, 2.24) is 5.32 Å². The molecule has 0 fully saturated rings. The van der Waals surface area contributed by atoms with Crippen molar-refractivity contribution in [2.45, 2.75) is 26.2 Å². The smallest absolute Gasteiger partial charge is 0.252 e. The summed E-state index contributed by atoms with van der Waals surface area (Å²) in [6.07, 6.45) is 3.09. The van der Waals surface area contributed by atoms with Gasteiger partial charge in [-0.15, -0.1) is 0 Å². The monoisotopic (exact) mass is 439 g/mol. The maximum atomic E-state index is 12.0. The van der Waals surface area contributed by atoms with E-state index in [1.54, 1.807) is 0 Å². The van der Waals surface area contributed by atoms with Gasteiger partial charge in [0.15, 0.2) is 0 Å². The molecule has 0 bridgehead atoms. The highest BCUT2D eigenvalue weighted by atomic mass is 127. The van der Waals surface area contributed by atoms with Gasteiger partial charge >= 0.3 is 0 Å². The summed E-state index contributed by atoms with van der Waals surface area (Å²) >= 11 is 5.59. The molecule has 3 nitrogen and oxygen atoms in total. The summed E-state index contributed by atoms with van der Waals surface area (Å²) in [5.41, 5.74) is 0.679. The van der Waals surface area contributed by atoms with Crippen LogP contribution in [-0.4, -0.2) is 25.7 Å². The number of carbonyl (C=O) groups excluding carboxylic acids is 1. The Labute approximate surface area is 136 Å². The second kappa shape index (κ2) is 9.72. The molecule has 0 aliphatic carbocycles. The number of nitrogens with one attached hydrogen (secondary N) is 1. The first-order chi connectivity index (χ1) is 9.15. The molecule has 0 heterocycles. The van der Waals surface area contributed by atoms with Gasteiger partial charge in [0.2, 0.25) is 0 Å². The van der Waals surface area contributed by atoms with E-state index < -0.39 is 0 Å². The number of carbonyl (C=O) groups is 1. The minimum atomic E-state index is -0.0426. The Morgan fingerprint density at radius 1 is 1.37 bits per heavy atom. The highest BCUT2D eigenvalue weighted by Crippen LogP contribution is 2.19. The van der Waals surface area contributed by atoms with E-state index in [0.29, 0.717) is 18.7 Å². The van der Waals surface area contributed by atoms with Gasteiger partial charge in [0.05, 0.1) is 5.56 Å². The number of unbranched alkanes of at least 4 members (excludes halogenated alkanes) is 1. The van der Waals surface area contributed by atoms with Gasteiger partial charge in [-0.3, -0.25) is 4.79 Å². The number of amides is 1. The fourth-order valence-electron chi connectivity index (χ4n) is 1.49. The lowest BCUT2D eigenvalue weighted by molar-refractivity contribution is 0.0939. The molecule has 19 heavy (non-hydrogen) atoms. The number of hydrogen-bond donors (Lipinski definition) is 1. The molecule has 1 aromatic rings. The topological polar surface area (TPSA) is 38.3 Å². The van der Waals surface area contributed by atoms with Crippen molar-refractivity contribution in [3.05, 3.63) is 31.8 Å². The number of benzene rings is 1. The maximum absolute atomic E-state index is 12.0. The van der Waals surface area contributed by atoms with Gasteiger partial charge in [-0.1, -0.05) is 13.3 Å². The second-order valence-corrected chi connectivity index (χ2v) is 6.30. The first-order valence-electron chi connectivity index (χ1n) is 6.46. The first-order valence-corrected chi connectivity index (χ1v) is 8.33. The number of rotatable bonds is 8. The molecule has 0 spiro atoms. The molecule has 0 radical (unpaired) electrons. The highest BCUT2D eigenvalue weighted by Gasteiger charge is 2.09. The largest absolute Gasteiger partial charge is 0.381 e. The summed E-state index contributed by atoms with van der Waals surface area (Å²) < 4.78 is 7.32.